The molecule has 29 heavy (non-hydrogen) atoms. The fraction of sp³-hybridized carbons (Fsp3) is 0.217. The predicted octanol–water partition coefficient (Wildman–Crippen LogP) is 4.11. The van der Waals surface area contributed by atoms with E-state index in [1.54, 1.807) is 30.5 Å². The molecule has 2 heterocycles. The molecule has 0 spiro atoms. The zero-order valence-electron chi connectivity index (χ0n) is 16.3. The Hall–Kier alpha value is -3.41. The van der Waals surface area contributed by atoms with Crippen molar-refractivity contribution in [1.29, 1.82) is 0 Å². The van der Waals surface area contributed by atoms with Gasteiger partial charge in [-0.2, -0.15) is 0 Å². The molecule has 1 aliphatic heterocycles. The van der Waals surface area contributed by atoms with Gasteiger partial charge in [-0.3, -0.25) is 4.79 Å². The number of carbonyl (C=O) groups excluding carboxylic acids is 1. The SMILES string of the molecule is Cc1cccc(N2CCN(c3cc(C(=O)Nc4ccc(F)cc4)ccn3)CC2)c1. The number of anilines is 3. The number of nitrogens with one attached hydrogen (secondary N) is 1. The van der Waals surface area contributed by atoms with Crippen molar-refractivity contribution in [3.05, 3.63) is 83.8 Å². The molecule has 1 N–H and O–H groups in total. The van der Waals surface area contributed by atoms with Gasteiger partial charge in [-0.05, 0) is 61.0 Å². The Kier molecular flexibility index (Phi) is 5.42. The van der Waals surface area contributed by atoms with Crippen LogP contribution in [0.15, 0.2) is 66.9 Å². The first-order valence-corrected chi connectivity index (χ1v) is 9.68. The Bertz CT molecular complexity index is 998. The van der Waals surface area contributed by atoms with Gasteiger partial charge in [-0.1, -0.05) is 12.1 Å². The van der Waals surface area contributed by atoms with E-state index in [2.05, 4.69) is 51.3 Å². The van der Waals surface area contributed by atoms with Gasteiger partial charge in [-0.25, -0.2) is 9.37 Å². The van der Waals surface area contributed by atoms with Gasteiger partial charge in [0.1, 0.15) is 11.6 Å². The third kappa shape index (κ3) is 4.54. The molecule has 0 atom stereocenters. The first-order valence-electron chi connectivity index (χ1n) is 9.68. The second-order valence-electron chi connectivity index (χ2n) is 7.18. The van der Waals surface area contributed by atoms with Crippen molar-refractivity contribution in [2.45, 2.75) is 6.92 Å². The molecule has 1 fully saturated rings. The van der Waals surface area contributed by atoms with Crippen LogP contribution in [0.3, 0.4) is 0 Å². The number of amides is 1. The summed E-state index contributed by atoms with van der Waals surface area (Å²) >= 11 is 0. The van der Waals surface area contributed by atoms with E-state index in [4.69, 9.17) is 0 Å². The van der Waals surface area contributed by atoms with E-state index < -0.39 is 0 Å². The average molecular weight is 390 g/mol. The molecule has 1 saturated heterocycles. The topological polar surface area (TPSA) is 48.5 Å². The Morgan fingerprint density at radius 3 is 2.41 bits per heavy atom. The molecule has 0 unspecified atom stereocenters. The molecule has 0 aliphatic carbocycles. The molecule has 4 rings (SSSR count). The summed E-state index contributed by atoms with van der Waals surface area (Å²) in [6.45, 7) is 5.58. The van der Waals surface area contributed by atoms with E-state index in [1.807, 2.05) is 0 Å². The molecule has 0 radical (unpaired) electrons. The Morgan fingerprint density at radius 1 is 0.966 bits per heavy atom. The second kappa shape index (κ2) is 8.31. The highest BCUT2D eigenvalue weighted by molar-refractivity contribution is 6.04. The lowest BCUT2D eigenvalue weighted by molar-refractivity contribution is 0.102. The number of rotatable bonds is 4. The summed E-state index contributed by atoms with van der Waals surface area (Å²) in [5.74, 6) is 0.221. The van der Waals surface area contributed by atoms with Gasteiger partial charge in [0.05, 0.1) is 0 Å². The van der Waals surface area contributed by atoms with Crippen molar-refractivity contribution in [1.82, 2.24) is 4.98 Å². The Morgan fingerprint density at radius 2 is 1.69 bits per heavy atom. The molecule has 1 amide bonds. The number of hydrogen-bond donors (Lipinski definition) is 1. The highest BCUT2D eigenvalue weighted by Crippen LogP contribution is 2.21. The number of hydrogen-bond acceptors (Lipinski definition) is 4. The summed E-state index contributed by atoms with van der Waals surface area (Å²) in [5.41, 5.74) is 3.58. The van der Waals surface area contributed by atoms with Crippen molar-refractivity contribution in [2.75, 3.05) is 41.3 Å². The zero-order chi connectivity index (χ0) is 20.2. The highest BCUT2D eigenvalue weighted by atomic mass is 19.1. The number of piperazine rings is 1. The summed E-state index contributed by atoms with van der Waals surface area (Å²) in [7, 11) is 0. The molecule has 2 aromatic carbocycles. The van der Waals surface area contributed by atoms with Crippen molar-refractivity contribution >= 4 is 23.1 Å². The first kappa shape index (κ1) is 18.9. The summed E-state index contributed by atoms with van der Waals surface area (Å²) in [5, 5.41) is 2.79. The fourth-order valence-electron chi connectivity index (χ4n) is 3.49. The zero-order valence-corrected chi connectivity index (χ0v) is 16.3. The molecule has 3 aromatic rings. The van der Waals surface area contributed by atoms with Gasteiger partial charge in [0.2, 0.25) is 0 Å². The monoisotopic (exact) mass is 390 g/mol. The molecular formula is C23H23FN4O. The van der Waals surface area contributed by atoms with Crippen molar-refractivity contribution in [3.8, 4) is 0 Å². The standard InChI is InChI=1S/C23H23FN4O/c1-17-3-2-4-21(15-17)27-11-13-28(14-12-27)22-16-18(9-10-25-22)23(29)26-20-7-5-19(24)6-8-20/h2-10,15-16H,11-14H2,1H3,(H,26,29). The minimum absolute atomic E-state index is 0.237. The van der Waals surface area contributed by atoms with Gasteiger partial charge >= 0.3 is 0 Å². The first-order chi connectivity index (χ1) is 14.1. The lowest BCUT2D eigenvalue weighted by atomic mass is 10.2. The van der Waals surface area contributed by atoms with E-state index in [-0.39, 0.29) is 11.7 Å². The maximum absolute atomic E-state index is 13.0. The second-order valence-corrected chi connectivity index (χ2v) is 7.18. The van der Waals surface area contributed by atoms with Crippen molar-refractivity contribution in [3.63, 3.8) is 0 Å². The fourth-order valence-corrected chi connectivity index (χ4v) is 3.49. The number of aromatic nitrogens is 1. The van der Waals surface area contributed by atoms with Crippen LogP contribution in [0.4, 0.5) is 21.6 Å². The lowest BCUT2D eigenvalue weighted by Gasteiger charge is -2.37. The van der Waals surface area contributed by atoms with E-state index >= 15 is 0 Å². The lowest BCUT2D eigenvalue weighted by Crippen LogP contribution is -2.46. The predicted molar refractivity (Wildman–Crippen MR) is 114 cm³/mol. The van der Waals surface area contributed by atoms with Crippen LogP contribution in [0.5, 0.6) is 0 Å². The van der Waals surface area contributed by atoms with Gasteiger partial charge in [0, 0.05) is 49.3 Å². The van der Waals surface area contributed by atoms with Gasteiger partial charge in [0.25, 0.3) is 5.91 Å². The molecule has 1 aromatic heterocycles. The van der Waals surface area contributed by atoms with E-state index in [0.29, 0.717) is 11.3 Å². The van der Waals surface area contributed by atoms with Crippen LogP contribution in [0.1, 0.15) is 15.9 Å². The molecular weight excluding hydrogens is 367 g/mol. The maximum atomic E-state index is 13.0. The van der Waals surface area contributed by atoms with E-state index in [9.17, 15) is 9.18 Å². The molecule has 6 heteroatoms. The number of carbonyl (C=O) groups is 1. The third-order valence-electron chi connectivity index (χ3n) is 5.08. The van der Waals surface area contributed by atoms with Crippen LogP contribution in [0.2, 0.25) is 0 Å². The maximum Gasteiger partial charge on any atom is 0.255 e. The van der Waals surface area contributed by atoms with Crippen LogP contribution in [-0.2, 0) is 0 Å². The van der Waals surface area contributed by atoms with Gasteiger partial charge < -0.3 is 15.1 Å². The van der Waals surface area contributed by atoms with Crippen molar-refractivity contribution in [2.24, 2.45) is 0 Å². The Labute approximate surface area is 169 Å². The number of nitrogens with zero attached hydrogens (tertiary/aromatic N) is 3. The minimum atomic E-state index is -0.334. The number of aryl methyl sites for hydroxylation is 1. The minimum Gasteiger partial charge on any atom is -0.368 e. The molecule has 1 aliphatic rings. The van der Waals surface area contributed by atoms with Crippen LogP contribution in [-0.4, -0.2) is 37.1 Å². The summed E-state index contributed by atoms with van der Waals surface area (Å²) in [6.07, 6.45) is 1.65. The average Bonchev–Trinajstić information content (AvgIpc) is 2.75. The quantitative estimate of drug-likeness (QED) is 0.728. The van der Waals surface area contributed by atoms with Crippen molar-refractivity contribution < 1.29 is 9.18 Å². The third-order valence-corrected chi connectivity index (χ3v) is 5.08. The van der Waals surface area contributed by atoms with Gasteiger partial charge in [0.15, 0.2) is 0 Å². The molecule has 0 saturated carbocycles. The van der Waals surface area contributed by atoms with E-state index in [1.165, 1.54) is 23.4 Å². The molecule has 0 bridgehead atoms. The van der Waals surface area contributed by atoms with Crippen LogP contribution in [0, 0.1) is 12.7 Å². The number of benzene rings is 2. The Balaban J connectivity index is 1.41. The molecule has 148 valence electrons. The smallest absolute Gasteiger partial charge is 0.255 e. The largest absolute Gasteiger partial charge is 0.368 e. The number of halogens is 1. The van der Waals surface area contributed by atoms with Gasteiger partial charge in [-0.15, -0.1) is 0 Å². The van der Waals surface area contributed by atoms with Crippen LogP contribution < -0.4 is 15.1 Å². The van der Waals surface area contributed by atoms with Crippen LogP contribution >= 0.6 is 0 Å². The highest BCUT2D eigenvalue weighted by Gasteiger charge is 2.19. The number of pyridine rings is 1. The normalized spacial score (nSPS) is 14.0. The summed E-state index contributed by atoms with van der Waals surface area (Å²) in [6, 6.07) is 17.7. The summed E-state index contributed by atoms with van der Waals surface area (Å²) in [4.78, 5) is 21.6. The summed E-state index contributed by atoms with van der Waals surface area (Å²) < 4.78 is 13.0. The molecule has 5 nitrogen and oxygen atoms in total. The van der Waals surface area contributed by atoms with E-state index in [0.717, 1.165) is 32.0 Å². The van der Waals surface area contributed by atoms with Crippen LogP contribution in [0.25, 0.3) is 0 Å².